The maximum Gasteiger partial charge on any atom is 0.413 e. The predicted molar refractivity (Wildman–Crippen MR) is 125 cm³/mol. The molecule has 0 bridgehead atoms. The minimum atomic E-state index is -1.13. The van der Waals surface area contributed by atoms with Crippen LogP contribution in [0.15, 0.2) is 91.0 Å². The lowest BCUT2D eigenvalue weighted by Crippen LogP contribution is -2.67. The molecule has 6 atom stereocenters. The van der Waals surface area contributed by atoms with Crippen LogP contribution in [0.5, 0.6) is 5.75 Å². The molecule has 2 aliphatic rings. The van der Waals surface area contributed by atoms with Crippen molar-refractivity contribution in [1.82, 2.24) is 5.32 Å². The maximum atomic E-state index is 12.7. The highest BCUT2D eigenvalue weighted by molar-refractivity contribution is 5.70. The van der Waals surface area contributed by atoms with Crippen molar-refractivity contribution in [2.24, 2.45) is 0 Å². The standard InChI is InChI=1S/C27H27NO7/c29-23-22(28-27(30)33-20-14-8-3-9-15-20)26(31-16-18-10-4-1-5-11-18)34-21-17-32-25(35-24(21)23)19-12-6-2-7-13-19/h1-15,21-26,29H,16-17H2,(H,28,30)/t21-,22+,23+,24-,25-,26+/m1/s1. The van der Waals surface area contributed by atoms with E-state index in [1.807, 2.05) is 66.7 Å². The smallest absolute Gasteiger partial charge is 0.410 e. The predicted octanol–water partition coefficient (Wildman–Crippen LogP) is 3.56. The molecule has 3 aromatic rings. The summed E-state index contributed by atoms with van der Waals surface area (Å²) < 4.78 is 29.4. The molecule has 2 aliphatic heterocycles. The molecular weight excluding hydrogens is 450 g/mol. The van der Waals surface area contributed by atoms with Crippen LogP contribution in [-0.4, -0.2) is 48.5 Å². The largest absolute Gasteiger partial charge is 0.413 e. The van der Waals surface area contributed by atoms with E-state index in [1.165, 1.54) is 0 Å². The Labute approximate surface area is 203 Å². The van der Waals surface area contributed by atoms with E-state index in [0.29, 0.717) is 5.75 Å². The number of hydrogen-bond acceptors (Lipinski definition) is 7. The summed E-state index contributed by atoms with van der Waals surface area (Å²) in [5.41, 5.74) is 1.76. The summed E-state index contributed by atoms with van der Waals surface area (Å²) in [6.45, 7) is 0.434. The van der Waals surface area contributed by atoms with Gasteiger partial charge in [0.1, 0.15) is 30.1 Å². The zero-order valence-electron chi connectivity index (χ0n) is 18.9. The molecule has 0 unspecified atom stereocenters. The molecule has 0 spiro atoms. The first kappa shape index (κ1) is 23.5. The summed E-state index contributed by atoms with van der Waals surface area (Å²) in [6.07, 6.45) is -4.79. The van der Waals surface area contributed by atoms with E-state index >= 15 is 0 Å². The van der Waals surface area contributed by atoms with Crippen LogP contribution < -0.4 is 10.1 Å². The minimum absolute atomic E-state index is 0.202. The third kappa shape index (κ3) is 5.70. The number of para-hydroxylation sites is 1. The van der Waals surface area contributed by atoms with Gasteiger partial charge in [0, 0.05) is 5.56 Å². The van der Waals surface area contributed by atoms with Gasteiger partial charge in [0.25, 0.3) is 0 Å². The molecule has 5 rings (SSSR count). The molecule has 0 radical (unpaired) electrons. The number of carbonyl (C=O) groups is 1. The lowest BCUT2D eigenvalue weighted by atomic mass is 9.96. The fraction of sp³-hybridized carbons (Fsp3) is 0.296. The van der Waals surface area contributed by atoms with Crippen LogP contribution in [0.3, 0.4) is 0 Å². The lowest BCUT2D eigenvalue weighted by Gasteiger charge is -2.47. The number of rotatable bonds is 6. The normalized spacial score (nSPS) is 28.0. The number of amides is 1. The number of ether oxygens (including phenoxy) is 5. The van der Waals surface area contributed by atoms with E-state index in [9.17, 15) is 9.90 Å². The van der Waals surface area contributed by atoms with Gasteiger partial charge in [0.05, 0.1) is 13.2 Å². The Morgan fingerprint density at radius 1 is 0.914 bits per heavy atom. The number of hydrogen-bond donors (Lipinski definition) is 2. The number of aliphatic hydroxyl groups is 1. The maximum absolute atomic E-state index is 12.7. The molecule has 2 fully saturated rings. The Hall–Kier alpha value is -3.27. The monoisotopic (exact) mass is 477 g/mol. The van der Waals surface area contributed by atoms with E-state index in [-0.39, 0.29) is 13.2 Å². The number of fused-ring (bicyclic) bond motifs is 1. The summed E-state index contributed by atoms with van der Waals surface area (Å²) >= 11 is 0. The molecule has 0 aromatic heterocycles. The molecule has 182 valence electrons. The van der Waals surface area contributed by atoms with Crippen LogP contribution in [0.1, 0.15) is 17.4 Å². The highest BCUT2D eigenvalue weighted by atomic mass is 16.7. The van der Waals surface area contributed by atoms with Crippen molar-refractivity contribution in [1.29, 1.82) is 0 Å². The summed E-state index contributed by atoms with van der Waals surface area (Å²) in [7, 11) is 0. The molecule has 8 nitrogen and oxygen atoms in total. The van der Waals surface area contributed by atoms with Crippen molar-refractivity contribution in [3.05, 3.63) is 102 Å². The molecule has 8 heteroatoms. The second-order valence-electron chi connectivity index (χ2n) is 8.38. The first-order valence-electron chi connectivity index (χ1n) is 11.5. The summed E-state index contributed by atoms with van der Waals surface area (Å²) in [5, 5.41) is 14.0. The van der Waals surface area contributed by atoms with Crippen LogP contribution in [0.4, 0.5) is 4.79 Å². The van der Waals surface area contributed by atoms with E-state index in [0.717, 1.165) is 11.1 Å². The number of benzene rings is 3. The molecular formula is C27H27NO7. The summed E-state index contributed by atoms with van der Waals surface area (Å²) in [4.78, 5) is 12.7. The van der Waals surface area contributed by atoms with Gasteiger partial charge in [-0.05, 0) is 17.7 Å². The molecule has 2 saturated heterocycles. The topological polar surface area (TPSA) is 95.5 Å². The van der Waals surface area contributed by atoms with Gasteiger partial charge < -0.3 is 34.1 Å². The first-order valence-corrected chi connectivity index (χ1v) is 11.5. The second kappa shape index (κ2) is 11.0. The zero-order chi connectivity index (χ0) is 24.0. The number of carbonyl (C=O) groups excluding carboxylic acids is 1. The Balaban J connectivity index is 1.32. The summed E-state index contributed by atoms with van der Waals surface area (Å²) in [6, 6.07) is 26.8. The van der Waals surface area contributed by atoms with Crippen molar-refractivity contribution in [2.75, 3.05) is 6.61 Å². The van der Waals surface area contributed by atoms with Crippen molar-refractivity contribution < 1.29 is 33.6 Å². The highest BCUT2D eigenvalue weighted by Crippen LogP contribution is 2.34. The molecule has 35 heavy (non-hydrogen) atoms. The Morgan fingerprint density at radius 2 is 1.57 bits per heavy atom. The molecule has 3 aromatic carbocycles. The van der Waals surface area contributed by atoms with E-state index in [2.05, 4.69) is 5.32 Å². The van der Waals surface area contributed by atoms with Crippen LogP contribution in [0, 0.1) is 0 Å². The van der Waals surface area contributed by atoms with Crippen LogP contribution in [-0.2, 0) is 25.6 Å². The van der Waals surface area contributed by atoms with Gasteiger partial charge >= 0.3 is 6.09 Å². The quantitative estimate of drug-likeness (QED) is 0.561. The van der Waals surface area contributed by atoms with Gasteiger partial charge in [-0.1, -0.05) is 78.9 Å². The van der Waals surface area contributed by atoms with Gasteiger partial charge in [0.2, 0.25) is 0 Å². The third-order valence-electron chi connectivity index (χ3n) is 5.93. The second-order valence-corrected chi connectivity index (χ2v) is 8.38. The third-order valence-corrected chi connectivity index (χ3v) is 5.93. The van der Waals surface area contributed by atoms with Crippen molar-refractivity contribution in [3.8, 4) is 5.75 Å². The Kier molecular flexibility index (Phi) is 7.37. The van der Waals surface area contributed by atoms with E-state index < -0.39 is 43.0 Å². The van der Waals surface area contributed by atoms with Gasteiger partial charge in [-0.15, -0.1) is 0 Å². The average Bonchev–Trinajstić information content (AvgIpc) is 2.91. The molecule has 2 N–H and O–H groups in total. The van der Waals surface area contributed by atoms with E-state index in [1.54, 1.807) is 24.3 Å². The van der Waals surface area contributed by atoms with Crippen molar-refractivity contribution in [3.63, 3.8) is 0 Å². The van der Waals surface area contributed by atoms with Gasteiger partial charge in [-0.3, -0.25) is 0 Å². The molecule has 0 saturated carbocycles. The van der Waals surface area contributed by atoms with Crippen LogP contribution in [0.2, 0.25) is 0 Å². The number of aliphatic hydroxyl groups excluding tert-OH is 1. The van der Waals surface area contributed by atoms with Crippen molar-refractivity contribution in [2.45, 2.75) is 43.5 Å². The van der Waals surface area contributed by atoms with Crippen LogP contribution in [0.25, 0.3) is 0 Å². The molecule has 0 aliphatic carbocycles. The fourth-order valence-corrected chi connectivity index (χ4v) is 4.18. The highest BCUT2D eigenvalue weighted by Gasteiger charge is 2.50. The Bertz CT molecular complexity index is 1080. The molecule has 2 heterocycles. The zero-order valence-corrected chi connectivity index (χ0v) is 18.9. The summed E-state index contributed by atoms with van der Waals surface area (Å²) in [5.74, 6) is 0.377. The minimum Gasteiger partial charge on any atom is -0.410 e. The first-order chi connectivity index (χ1) is 17.2. The molecule has 1 amide bonds. The lowest BCUT2D eigenvalue weighted by molar-refractivity contribution is -0.345. The fourth-order valence-electron chi connectivity index (χ4n) is 4.18. The van der Waals surface area contributed by atoms with Gasteiger partial charge in [-0.2, -0.15) is 0 Å². The number of nitrogens with one attached hydrogen (secondary N) is 1. The average molecular weight is 478 g/mol. The van der Waals surface area contributed by atoms with Gasteiger partial charge in [0.15, 0.2) is 12.6 Å². The van der Waals surface area contributed by atoms with Crippen LogP contribution >= 0.6 is 0 Å². The Morgan fingerprint density at radius 3 is 2.29 bits per heavy atom. The van der Waals surface area contributed by atoms with Gasteiger partial charge in [-0.25, -0.2) is 4.79 Å². The SMILES string of the molecule is O=C(N[C@@H]1[C@@H](OCc2ccccc2)O[C@@H]2CO[C@@H](c3ccccc3)O[C@H]2[C@H]1O)Oc1ccccc1. The van der Waals surface area contributed by atoms with Crippen molar-refractivity contribution >= 4 is 6.09 Å². The van der Waals surface area contributed by atoms with E-state index in [4.69, 9.17) is 23.7 Å².